The van der Waals surface area contributed by atoms with E-state index < -0.39 is 10.8 Å². The molecule has 0 radical (unpaired) electrons. The Morgan fingerprint density at radius 2 is 2.13 bits per heavy atom. The van der Waals surface area contributed by atoms with Crippen LogP contribution in [0.15, 0.2) is 0 Å². The van der Waals surface area contributed by atoms with Gasteiger partial charge in [-0.05, 0) is 32.7 Å². The van der Waals surface area contributed by atoms with Gasteiger partial charge in [0.05, 0.1) is 0 Å². The molecule has 0 aromatic rings. The fourth-order valence-corrected chi connectivity index (χ4v) is 2.53. The van der Waals surface area contributed by atoms with E-state index in [1.165, 1.54) is 0 Å². The van der Waals surface area contributed by atoms with Gasteiger partial charge < -0.3 is 10.1 Å². The van der Waals surface area contributed by atoms with E-state index in [2.05, 4.69) is 19.2 Å². The summed E-state index contributed by atoms with van der Waals surface area (Å²) in [5.41, 5.74) is 0. The van der Waals surface area contributed by atoms with E-state index in [9.17, 15) is 4.21 Å². The number of hydrogen-bond acceptors (Lipinski definition) is 3. The lowest BCUT2D eigenvalue weighted by atomic mass is 10.2. The molecule has 2 unspecified atom stereocenters. The molecule has 0 aliphatic rings. The Hall–Kier alpha value is 0.0700. The van der Waals surface area contributed by atoms with Gasteiger partial charge in [0.15, 0.2) is 0 Å². The Bertz CT molecular complexity index is 165. The Morgan fingerprint density at radius 3 is 2.73 bits per heavy atom. The maximum absolute atomic E-state index is 11.5. The molecule has 92 valence electrons. The number of rotatable bonds is 10. The summed E-state index contributed by atoms with van der Waals surface area (Å²) < 4.78 is 16.4. The fourth-order valence-electron chi connectivity index (χ4n) is 1.27. The van der Waals surface area contributed by atoms with Gasteiger partial charge in [0, 0.05) is 42.1 Å². The Labute approximate surface area is 96.4 Å². The largest absolute Gasteiger partial charge is 0.385 e. The van der Waals surface area contributed by atoms with Crippen LogP contribution in [0.5, 0.6) is 0 Å². The Kier molecular flexibility index (Phi) is 10.6. The van der Waals surface area contributed by atoms with E-state index in [-0.39, 0.29) is 0 Å². The van der Waals surface area contributed by atoms with E-state index in [0.717, 1.165) is 43.9 Å². The highest BCUT2D eigenvalue weighted by atomic mass is 32.2. The smallest absolute Gasteiger partial charge is 0.0471 e. The molecule has 0 rings (SSSR count). The maximum Gasteiger partial charge on any atom is 0.0471 e. The van der Waals surface area contributed by atoms with Crippen molar-refractivity contribution in [1.29, 1.82) is 0 Å². The third-order valence-electron chi connectivity index (χ3n) is 2.24. The van der Waals surface area contributed by atoms with Gasteiger partial charge in [0.2, 0.25) is 0 Å². The minimum Gasteiger partial charge on any atom is -0.385 e. The minimum absolute atomic E-state index is 0.483. The third-order valence-corrected chi connectivity index (χ3v) is 3.68. The van der Waals surface area contributed by atoms with Gasteiger partial charge in [-0.25, -0.2) is 0 Å². The summed E-state index contributed by atoms with van der Waals surface area (Å²) >= 11 is 0. The molecule has 0 aromatic carbocycles. The number of methoxy groups -OCH3 is 1. The molecule has 0 aliphatic heterocycles. The van der Waals surface area contributed by atoms with Gasteiger partial charge in [0.1, 0.15) is 0 Å². The van der Waals surface area contributed by atoms with E-state index >= 15 is 0 Å². The predicted octanol–water partition coefficient (Wildman–Crippen LogP) is 1.55. The van der Waals surface area contributed by atoms with Crippen LogP contribution in [0.3, 0.4) is 0 Å². The molecular formula is C11H25NO2S. The second-order valence-electron chi connectivity index (χ2n) is 3.84. The molecule has 3 nitrogen and oxygen atoms in total. The molecule has 0 saturated heterocycles. The van der Waals surface area contributed by atoms with Crippen molar-refractivity contribution in [3.63, 3.8) is 0 Å². The van der Waals surface area contributed by atoms with Gasteiger partial charge in [-0.2, -0.15) is 0 Å². The average Bonchev–Trinajstić information content (AvgIpc) is 2.24. The topological polar surface area (TPSA) is 38.3 Å². The molecule has 2 atom stereocenters. The van der Waals surface area contributed by atoms with E-state index in [1.54, 1.807) is 7.11 Å². The summed E-state index contributed by atoms with van der Waals surface area (Å²) in [5, 5.41) is 3.40. The summed E-state index contributed by atoms with van der Waals surface area (Å²) in [6.07, 6.45) is 3.06. The first-order valence-electron chi connectivity index (χ1n) is 5.78. The number of hydrogen-bond donors (Lipinski definition) is 1. The van der Waals surface area contributed by atoms with Crippen LogP contribution in [-0.2, 0) is 15.5 Å². The molecule has 0 aliphatic carbocycles. The summed E-state index contributed by atoms with van der Waals surface area (Å²) in [6.45, 7) is 6.08. The predicted molar refractivity (Wildman–Crippen MR) is 66.7 cm³/mol. The van der Waals surface area contributed by atoms with Crippen LogP contribution in [-0.4, -0.2) is 42.0 Å². The van der Waals surface area contributed by atoms with Crippen LogP contribution in [0.2, 0.25) is 0 Å². The van der Waals surface area contributed by atoms with Crippen molar-refractivity contribution in [3.8, 4) is 0 Å². The molecule has 1 N–H and O–H groups in total. The van der Waals surface area contributed by atoms with Crippen molar-refractivity contribution in [3.05, 3.63) is 0 Å². The SMILES string of the molecule is CCCNC(C)CCS(=O)CCCOC. The normalized spacial score (nSPS) is 15.1. The molecule has 0 bridgehead atoms. The molecule has 0 spiro atoms. The highest BCUT2D eigenvalue weighted by Gasteiger charge is 2.04. The molecular weight excluding hydrogens is 210 g/mol. The molecule has 0 saturated carbocycles. The fraction of sp³-hybridized carbons (Fsp3) is 1.00. The molecule has 0 fully saturated rings. The number of nitrogens with one attached hydrogen (secondary N) is 1. The molecule has 0 heterocycles. The summed E-state index contributed by atoms with van der Waals surface area (Å²) in [4.78, 5) is 0. The monoisotopic (exact) mass is 235 g/mol. The van der Waals surface area contributed by atoms with Crippen molar-refractivity contribution in [2.45, 2.75) is 39.2 Å². The van der Waals surface area contributed by atoms with Gasteiger partial charge in [-0.15, -0.1) is 0 Å². The van der Waals surface area contributed by atoms with Crippen molar-refractivity contribution in [1.82, 2.24) is 5.32 Å². The third kappa shape index (κ3) is 10.4. The van der Waals surface area contributed by atoms with Gasteiger partial charge in [-0.3, -0.25) is 4.21 Å². The molecule has 0 amide bonds. The van der Waals surface area contributed by atoms with Crippen LogP contribution < -0.4 is 5.32 Å². The molecule has 15 heavy (non-hydrogen) atoms. The highest BCUT2D eigenvalue weighted by Crippen LogP contribution is 1.96. The maximum atomic E-state index is 11.5. The zero-order valence-electron chi connectivity index (χ0n) is 10.3. The summed E-state index contributed by atoms with van der Waals surface area (Å²) in [7, 11) is 1.01. The van der Waals surface area contributed by atoms with E-state index in [0.29, 0.717) is 6.04 Å². The summed E-state index contributed by atoms with van der Waals surface area (Å²) in [5.74, 6) is 1.58. The Balaban J connectivity index is 3.36. The lowest BCUT2D eigenvalue weighted by Crippen LogP contribution is -2.28. The number of ether oxygens (including phenoxy) is 1. The van der Waals surface area contributed by atoms with Crippen molar-refractivity contribution in [2.24, 2.45) is 0 Å². The van der Waals surface area contributed by atoms with Crippen LogP contribution in [0, 0.1) is 0 Å². The van der Waals surface area contributed by atoms with E-state index in [4.69, 9.17) is 4.74 Å². The van der Waals surface area contributed by atoms with Crippen molar-refractivity contribution in [2.75, 3.05) is 31.8 Å². The lowest BCUT2D eigenvalue weighted by Gasteiger charge is -2.12. The van der Waals surface area contributed by atoms with Crippen LogP contribution in [0.25, 0.3) is 0 Å². The van der Waals surface area contributed by atoms with Gasteiger partial charge in [-0.1, -0.05) is 6.92 Å². The first kappa shape index (κ1) is 15.1. The average molecular weight is 235 g/mol. The second kappa shape index (κ2) is 10.6. The molecule has 4 heteroatoms. The van der Waals surface area contributed by atoms with Crippen molar-refractivity contribution >= 4 is 10.8 Å². The van der Waals surface area contributed by atoms with Gasteiger partial charge in [0.25, 0.3) is 0 Å². The first-order valence-corrected chi connectivity index (χ1v) is 7.26. The zero-order valence-corrected chi connectivity index (χ0v) is 11.1. The zero-order chi connectivity index (χ0) is 11.5. The van der Waals surface area contributed by atoms with E-state index in [1.807, 2.05) is 0 Å². The van der Waals surface area contributed by atoms with Crippen LogP contribution in [0.1, 0.15) is 33.1 Å². The van der Waals surface area contributed by atoms with Crippen LogP contribution >= 0.6 is 0 Å². The second-order valence-corrected chi connectivity index (χ2v) is 5.53. The standard InChI is InChI=1S/C11H25NO2S/c1-4-7-12-11(2)6-10-15(13)9-5-8-14-3/h11-12H,4-10H2,1-3H3. The summed E-state index contributed by atoms with van der Waals surface area (Å²) in [6, 6.07) is 0.483. The molecule has 0 aromatic heterocycles. The van der Waals surface area contributed by atoms with Crippen LogP contribution in [0.4, 0.5) is 0 Å². The quantitative estimate of drug-likeness (QED) is 0.584. The minimum atomic E-state index is -0.668. The van der Waals surface area contributed by atoms with Gasteiger partial charge >= 0.3 is 0 Å². The Morgan fingerprint density at radius 1 is 1.40 bits per heavy atom. The highest BCUT2D eigenvalue weighted by molar-refractivity contribution is 7.84. The first-order chi connectivity index (χ1) is 7.20. The lowest BCUT2D eigenvalue weighted by molar-refractivity contribution is 0.200. The van der Waals surface area contributed by atoms with Crippen molar-refractivity contribution < 1.29 is 8.95 Å².